The highest BCUT2D eigenvalue weighted by Gasteiger charge is 2.37. The van der Waals surface area contributed by atoms with Crippen LogP contribution in [-0.4, -0.2) is 133 Å². The highest BCUT2D eigenvalue weighted by Crippen LogP contribution is 2.24. The fourth-order valence-electron chi connectivity index (χ4n) is 6.45. The van der Waals surface area contributed by atoms with Crippen molar-refractivity contribution < 1.29 is 19.2 Å². The first-order valence-corrected chi connectivity index (χ1v) is 18.8. The Balaban J connectivity index is 0.000000485. The predicted octanol–water partition coefficient (Wildman–Crippen LogP) is 5.03. The molecule has 0 spiro atoms. The van der Waals surface area contributed by atoms with Gasteiger partial charge in [-0.05, 0) is 117 Å². The summed E-state index contributed by atoms with van der Waals surface area (Å²) >= 11 is 0. The minimum Gasteiger partial charge on any atom is -0.350 e. The van der Waals surface area contributed by atoms with E-state index < -0.39 is 0 Å². The average Bonchev–Trinajstić information content (AvgIpc) is 3.86. The molecule has 0 saturated carbocycles. The van der Waals surface area contributed by atoms with E-state index in [2.05, 4.69) is 56.8 Å². The molecule has 278 valence electrons. The molecule has 4 aliphatic heterocycles. The van der Waals surface area contributed by atoms with Gasteiger partial charge in [0.05, 0.1) is 12.6 Å². The topological polar surface area (TPSA) is 96.5 Å². The molecule has 1 N–H and O–H groups in total. The van der Waals surface area contributed by atoms with Crippen LogP contribution in [0.3, 0.4) is 0 Å². The third kappa shape index (κ3) is 16.3. The third-order valence-corrected chi connectivity index (χ3v) is 9.29. The Morgan fingerprint density at radius 3 is 1.75 bits per heavy atom. The van der Waals surface area contributed by atoms with Crippen molar-refractivity contribution in [2.75, 3.05) is 66.5 Å². The number of likely N-dealkylation sites (tertiary alicyclic amines) is 4. The summed E-state index contributed by atoms with van der Waals surface area (Å²) in [4.78, 5) is 58.7. The summed E-state index contributed by atoms with van der Waals surface area (Å²) in [5.41, 5.74) is 0.535. The van der Waals surface area contributed by atoms with E-state index in [0.717, 1.165) is 44.3 Å². The minimum atomic E-state index is -0.377. The molecule has 0 bridgehead atoms. The van der Waals surface area contributed by atoms with Gasteiger partial charge in [-0.2, -0.15) is 0 Å². The van der Waals surface area contributed by atoms with Crippen molar-refractivity contribution in [2.24, 2.45) is 11.8 Å². The van der Waals surface area contributed by atoms with Gasteiger partial charge < -0.3 is 29.8 Å². The second kappa shape index (κ2) is 23.8. The monoisotopic (exact) mass is 677 g/mol. The molecule has 4 saturated heterocycles. The Labute approximate surface area is 294 Å². The highest BCUT2D eigenvalue weighted by atomic mass is 16.2. The molecule has 2 atom stereocenters. The van der Waals surface area contributed by atoms with E-state index >= 15 is 0 Å². The van der Waals surface area contributed by atoms with Crippen molar-refractivity contribution in [3.63, 3.8) is 0 Å². The number of carbonyl (C=O) groups excluding carboxylic acids is 4. The standard InChI is InChI=1S/C21H34N4O4.C8H17N.C5H11N.C4H10/c1-15(2)18(23(4)19(27)13-22-14-26)12-16(3)20(28)25-11-7-8-17(25)21(29)24-9-5-6-10-24;1-8(2)9-6-4-3-5-7-9;1-6-4-2-3-5-6;1-4(2)3/h12,14-15,17-18H,5-11,13H2,1-4H3,(H,22,26);8H,3-7H2,1-2H3;2-5H2,1H3;4H,1-3H3/b16-12+;;;/t17-,18?;;;/m0.../s1. The molecular weight excluding hydrogens is 604 g/mol. The second-order valence-corrected chi connectivity index (χ2v) is 15.2. The van der Waals surface area contributed by atoms with Gasteiger partial charge in [0.25, 0.3) is 0 Å². The van der Waals surface area contributed by atoms with Crippen LogP contribution in [0, 0.1) is 11.8 Å². The van der Waals surface area contributed by atoms with Crippen molar-refractivity contribution in [3.8, 4) is 0 Å². The number of carbonyl (C=O) groups is 4. The van der Waals surface area contributed by atoms with E-state index in [4.69, 9.17) is 0 Å². The smallest absolute Gasteiger partial charge is 0.249 e. The Bertz CT molecular complexity index is 963. The summed E-state index contributed by atoms with van der Waals surface area (Å²) < 4.78 is 0. The number of rotatable bonds is 9. The Hall–Kier alpha value is -2.46. The van der Waals surface area contributed by atoms with E-state index in [-0.39, 0.29) is 42.3 Å². The molecule has 1 unspecified atom stereocenters. The second-order valence-electron chi connectivity index (χ2n) is 15.2. The molecule has 0 aromatic rings. The van der Waals surface area contributed by atoms with E-state index in [0.29, 0.717) is 24.9 Å². The molecule has 4 rings (SSSR count). The lowest BCUT2D eigenvalue weighted by Crippen LogP contribution is -2.47. The molecule has 0 aliphatic carbocycles. The van der Waals surface area contributed by atoms with Gasteiger partial charge in [-0.1, -0.05) is 47.1 Å². The van der Waals surface area contributed by atoms with Crippen LogP contribution >= 0.6 is 0 Å². The van der Waals surface area contributed by atoms with Gasteiger partial charge in [0, 0.05) is 38.3 Å². The van der Waals surface area contributed by atoms with E-state index in [9.17, 15) is 19.2 Å². The van der Waals surface area contributed by atoms with Crippen LogP contribution in [0.4, 0.5) is 0 Å². The normalized spacial score (nSPS) is 20.8. The number of piperidine rings is 1. The summed E-state index contributed by atoms with van der Waals surface area (Å²) in [5.74, 6) is 0.616. The number of hydrogen-bond donors (Lipinski definition) is 1. The zero-order valence-electron chi connectivity index (χ0n) is 32.4. The first kappa shape index (κ1) is 43.6. The van der Waals surface area contributed by atoms with Gasteiger partial charge in [-0.15, -0.1) is 0 Å². The fraction of sp³-hybridized carbons (Fsp3) is 0.842. The largest absolute Gasteiger partial charge is 0.350 e. The first-order valence-electron chi connectivity index (χ1n) is 18.8. The van der Waals surface area contributed by atoms with Crippen molar-refractivity contribution >= 4 is 24.1 Å². The van der Waals surface area contributed by atoms with E-state index in [1.807, 2.05) is 24.8 Å². The molecule has 10 heteroatoms. The number of hydrogen-bond acceptors (Lipinski definition) is 6. The van der Waals surface area contributed by atoms with Crippen molar-refractivity contribution in [1.29, 1.82) is 0 Å². The van der Waals surface area contributed by atoms with Crippen molar-refractivity contribution in [1.82, 2.24) is 29.8 Å². The Morgan fingerprint density at radius 2 is 1.31 bits per heavy atom. The summed E-state index contributed by atoms with van der Waals surface area (Å²) in [6.45, 7) is 24.1. The lowest BCUT2D eigenvalue weighted by atomic mass is 9.99. The number of likely N-dealkylation sites (N-methyl/N-ethyl adjacent to an activating group) is 1. The molecule has 4 amide bonds. The predicted molar refractivity (Wildman–Crippen MR) is 198 cm³/mol. The molecule has 4 heterocycles. The molecule has 10 nitrogen and oxygen atoms in total. The summed E-state index contributed by atoms with van der Waals surface area (Å²) in [7, 11) is 3.84. The molecule has 0 radical (unpaired) electrons. The summed E-state index contributed by atoms with van der Waals surface area (Å²) in [6, 6.07) is 0.109. The molecule has 0 aromatic carbocycles. The third-order valence-electron chi connectivity index (χ3n) is 9.29. The van der Waals surface area contributed by atoms with Crippen LogP contribution in [0.2, 0.25) is 0 Å². The average molecular weight is 677 g/mol. The number of nitrogens with one attached hydrogen (secondary N) is 1. The van der Waals surface area contributed by atoms with Crippen molar-refractivity contribution in [3.05, 3.63) is 11.6 Å². The maximum absolute atomic E-state index is 13.1. The van der Waals surface area contributed by atoms with Gasteiger partial charge in [0.2, 0.25) is 24.1 Å². The molecular formula is C38H72N6O4. The molecule has 0 aromatic heterocycles. The van der Waals surface area contributed by atoms with Crippen LogP contribution in [0.25, 0.3) is 0 Å². The summed E-state index contributed by atoms with van der Waals surface area (Å²) in [6.07, 6.45) is 13.0. The summed E-state index contributed by atoms with van der Waals surface area (Å²) in [5, 5.41) is 2.38. The maximum atomic E-state index is 13.1. The van der Waals surface area contributed by atoms with E-state index in [1.165, 1.54) is 58.3 Å². The maximum Gasteiger partial charge on any atom is 0.249 e. The first-order chi connectivity index (χ1) is 22.7. The van der Waals surface area contributed by atoms with Crippen molar-refractivity contribution in [2.45, 2.75) is 131 Å². The van der Waals surface area contributed by atoms with Crippen LogP contribution in [0.15, 0.2) is 11.6 Å². The fourth-order valence-corrected chi connectivity index (χ4v) is 6.45. The molecule has 4 fully saturated rings. The number of nitrogens with zero attached hydrogens (tertiary/aromatic N) is 5. The zero-order chi connectivity index (χ0) is 36.2. The quantitative estimate of drug-likeness (QED) is 0.272. The lowest BCUT2D eigenvalue weighted by molar-refractivity contribution is -0.141. The Kier molecular flexibility index (Phi) is 21.6. The van der Waals surface area contributed by atoms with Crippen LogP contribution in [0.1, 0.15) is 113 Å². The SMILES string of the molecule is C/C(=C\C(C(C)C)N(C)C(=O)CNC=O)C(=O)N1CCC[C@H]1C(=O)N1CCCC1.CC(C)C.CC(C)N1CCCCC1.CN1CCCC1. The van der Waals surface area contributed by atoms with Crippen LogP contribution < -0.4 is 5.32 Å². The number of amides is 4. The van der Waals surface area contributed by atoms with Gasteiger partial charge >= 0.3 is 0 Å². The highest BCUT2D eigenvalue weighted by molar-refractivity contribution is 5.97. The van der Waals surface area contributed by atoms with Gasteiger partial charge in [-0.3, -0.25) is 19.2 Å². The van der Waals surface area contributed by atoms with E-state index in [1.54, 1.807) is 23.8 Å². The van der Waals surface area contributed by atoms with Gasteiger partial charge in [0.1, 0.15) is 6.04 Å². The van der Waals surface area contributed by atoms with Gasteiger partial charge in [0.15, 0.2) is 0 Å². The van der Waals surface area contributed by atoms with Crippen LogP contribution in [-0.2, 0) is 19.2 Å². The molecule has 48 heavy (non-hydrogen) atoms. The van der Waals surface area contributed by atoms with Crippen LogP contribution in [0.5, 0.6) is 0 Å². The molecule has 4 aliphatic rings. The minimum absolute atomic E-state index is 0.0637. The zero-order valence-corrected chi connectivity index (χ0v) is 32.4. The Morgan fingerprint density at radius 1 is 0.792 bits per heavy atom. The lowest BCUT2D eigenvalue weighted by Gasteiger charge is -2.31. The van der Waals surface area contributed by atoms with Gasteiger partial charge in [-0.25, -0.2) is 0 Å².